The molecule has 3 atom stereocenters. The number of primary amides is 1. The van der Waals surface area contributed by atoms with Gasteiger partial charge in [0.2, 0.25) is 17.7 Å². The Kier molecular flexibility index (Phi) is 13.1. The van der Waals surface area contributed by atoms with Gasteiger partial charge in [0, 0.05) is 18.4 Å². The summed E-state index contributed by atoms with van der Waals surface area (Å²) < 4.78 is 11.1. The zero-order valence-corrected chi connectivity index (χ0v) is 29.4. The van der Waals surface area contributed by atoms with Crippen LogP contribution in [0.25, 0.3) is 0 Å². The Balaban J connectivity index is 2.66. The van der Waals surface area contributed by atoms with Gasteiger partial charge in [0.1, 0.15) is 29.3 Å². The van der Waals surface area contributed by atoms with Crippen LogP contribution in [-0.2, 0) is 35.1 Å². The van der Waals surface area contributed by atoms with Crippen molar-refractivity contribution >= 4 is 29.8 Å². The summed E-state index contributed by atoms with van der Waals surface area (Å²) in [5.74, 6) is -2.55. The molecule has 0 spiro atoms. The van der Waals surface area contributed by atoms with Gasteiger partial charge in [-0.2, -0.15) is 0 Å². The second-order valence-corrected chi connectivity index (χ2v) is 14.7. The van der Waals surface area contributed by atoms with Gasteiger partial charge in [-0.15, -0.1) is 0 Å². The molecule has 0 aliphatic rings. The molecule has 0 aliphatic heterocycles. The van der Waals surface area contributed by atoms with Crippen molar-refractivity contribution in [3.63, 3.8) is 0 Å². The van der Waals surface area contributed by atoms with E-state index in [1.165, 1.54) is 4.90 Å². The number of hydrogen-bond acceptors (Lipinski definition) is 7. The number of benzene rings is 2. The molecule has 258 valence electrons. The van der Waals surface area contributed by atoms with Crippen LogP contribution < -0.4 is 16.4 Å². The minimum Gasteiger partial charge on any atom is -0.458 e. The molecule has 4 amide bonds. The lowest BCUT2D eigenvalue weighted by Gasteiger charge is -2.43. The molecule has 4 N–H and O–H groups in total. The second kappa shape index (κ2) is 15.9. The van der Waals surface area contributed by atoms with Gasteiger partial charge >= 0.3 is 12.1 Å². The van der Waals surface area contributed by atoms with Crippen molar-refractivity contribution in [2.24, 2.45) is 5.73 Å². The average molecular weight is 653 g/mol. The Bertz CT molecular complexity index is 1400. The first kappa shape index (κ1) is 38.8. The number of aryl methyl sites for hydroxylation is 1. The Hall–Kier alpha value is -4.41. The van der Waals surface area contributed by atoms with Crippen LogP contribution in [0.4, 0.5) is 4.79 Å². The van der Waals surface area contributed by atoms with Crippen molar-refractivity contribution in [3.8, 4) is 0 Å². The molecule has 11 heteroatoms. The van der Waals surface area contributed by atoms with Crippen LogP contribution in [0.3, 0.4) is 0 Å². The number of nitrogens with one attached hydrogen (secondary N) is 2. The highest BCUT2D eigenvalue weighted by molar-refractivity contribution is 5.94. The van der Waals surface area contributed by atoms with Crippen molar-refractivity contribution in [1.29, 1.82) is 0 Å². The maximum absolute atomic E-state index is 14.5. The molecule has 2 rings (SSSR count). The van der Waals surface area contributed by atoms with Gasteiger partial charge in [-0.1, -0.05) is 60.2 Å². The Labute approximate surface area is 278 Å². The standard InChI is InChI=1S/C36H52N4O7/c1-23-15-14-18-25(21-23)29(30(42)38-27(32(44)46-35(5,6)7)22-24-16-12-11-13-17-24)40(34(2,3)4)31(43)26(19-20-28(37)41)39-33(45)47-36(8,9)10/h11-18,21,26-27,29H,19-20,22H2,1-10H3,(H2,37,41)(H,38,42)(H,39,45). The van der Waals surface area contributed by atoms with Crippen molar-refractivity contribution in [2.45, 2.75) is 123 Å². The van der Waals surface area contributed by atoms with E-state index >= 15 is 0 Å². The number of carbonyl (C=O) groups excluding carboxylic acids is 5. The third kappa shape index (κ3) is 13.1. The quantitative estimate of drug-likeness (QED) is 0.276. The minimum absolute atomic E-state index is 0.128. The van der Waals surface area contributed by atoms with Gasteiger partial charge in [0.05, 0.1) is 0 Å². The number of esters is 1. The highest BCUT2D eigenvalue weighted by Crippen LogP contribution is 2.31. The molecular formula is C36H52N4O7. The fourth-order valence-electron chi connectivity index (χ4n) is 4.93. The molecule has 3 unspecified atom stereocenters. The van der Waals surface area contributed by atoms with E-state index in [2.05, 4.69) is 10.6 Å². The normalized spacial score (nSPS) is 13.8. The molecule has 0 aliphatic carbocycles. The van der Waals surface area contributed by atoms with E-state index in [0.29, 0.717) is 5.56 Å². The van der Waals surface area contributed by atoms with E-state index in [1.54, 1.807) is 80.5 Å². The minimum atomic E-state index is -1.26. The van der Waals surface area contributed by atoms with Crippen LogP contribution in [0, 0.1) is 6.92 Å². The molecule has 0 saturated carbocycles. The molecule has 47 heavy (non-hydrogen) atoms. The zero-order chi connectivity index (χ0) is 35.7. The van der Waals surface area contributed by atoms with Crippen LogP contribution in [-0.4, -0.2) is 63.5 Å². The van der Waals surface area contributed by atoms with Crippen molar-refractivity contribution in [3.05, 3.63) is 71.3 Å². The molecule has 0 aromatic heterocycles. The number of carbonyl (C=O) groups is 5. The molecule has 0 heterocycles. The SMILES string of the molecule is Cc1cccc(C(C(=O)NC(Cc2ccccc2)C(=O)OC(C)(C)C)N(C(=O)C(CCC(N)=O)NC(=O)OC(C)(C)C)C(C)(C)C)c1. The van der Waals surface area contributed by atoms with Crippen LogP contribution in [0.2, 0.25) is 0 Å². The molecule has 0 fully saturated rings. The van der Waals surface area contributed by atoms with E-state index in [9.17, 15) is 24.0 Å². The van der Waals surface area contributed by atoms with Gasteiger partial charge in [-0.25, -0.2) is 9.59 Å². The van der Waals surface area contributed by atoms with E-state index in [-0.39, 0.29) is 19.3 Å². The van der Waals surface area contributed by atoms with Gasteiger partial charge in [-0.3, -0.25) is 14.4 Å². The molecular weight excluding hydrogens is 600 g/mol. The van der Waals surface area contributed by atoms with Crippen LogP contribution in [0.1, 0.15) is 97.9 Å². The number of amides is 4. The van der Waals surface area contributed by atoms with Crippen LogP contribution >= 0.6 is 0 Å². The second-order valence-electron chi connectivity index (χ2n) is 14.7. The van der Waals surface area contributed by atoms with Gasteiger partial charge in [-0.05, 0) is 86.8 Å². The summed E-state index contributed by atoms with van der Waals surface area (Å²) >= 11 is 0. The van der Waals surface area contributed by atoms with Gasteiger partial charge in [0.25, 0.3) is 0 Å². The number of nitrogens with two attached hydrogens (primary N) is 1. The molecule has 11 nitrogen and oxygen atoms in total. The molecule has 0 bridgehead atoms. The summed E-state index contributed by atoms with van der Waals surface area (Å²) in [6.07, 6.45) is -1.05. The first-order valence-corrected chi connectivity index (χ1v) is 15.8. The van der Waals surface area contributed by atoms with E-state index in [4.69, 9.17) is 15.2 Å². The maximum Gasteiger partial charge on any atom is 0.408 e. The van der Waals surface area contributed by atoms with E-state index in [0.717, 1.165) is 11.1 Å². The number of nitrogens with zero attached hydrogens (tertiary/aromatic N) is 1. The molecule has 2 aromatic carbocycles. The topological polar surface area (TPSA) is 157 Å². The van der Waals surface area contributed by atoms with E-state index in [1.807, 2.05) is 43.3 Å². The monoisotopic (exact) mass is 652 g/mol. The first-order chi connectivity index (χ1) is 21.6. The Morgan fingerprint density at radius 3 is 1.89 bits per heavy atom. The van der Waals surface area contributed by atoms with Crippen LogP contribution in [0.5, 0.6) is 0 Å². The summed E-state index contributed by atoms with van der Waals surface area (Å²) in [6, 6.07) is 12.8. The highest BCUT2D eigenvalue weighted by atomic mass is 16.6. The van der Waals surface area contributed by atoms with E-state index < -0.39 is 64.7 Å². The largest absolute Gasteiger partial charge is 0.458 e. The molecule has 0 saturated heterocycles. The van der Waals surface area contributed by atoms with Crippen molar-refractivity contribution in [2.75, 3.05) is 0 Å². The Morgan fingerprint density at radius 1 is 0.787 bits per heavy atom. The predicted molar refractivity (Wildman–Crippen MR) is 180 cm³/mol. The summed E-state index contributed by atoms with van der Waals surface area (Å²) in [5.41, 5.74) is 4.88. The lowest BCUT2D eigenvalue weighted by Crippen LogP contribution is -2.59. The zero-order valence-electron chi connectivity index (χ0n) is 29.4. The lowest BCUT2D eigenvalue weighted by molar-refractivity contribution is -0.159. The average Bonchev–Trinajstić information content (AvgIpc) is 2.91. The van der Waals surface area contributed by atoms with Gasteiger partial charge in [0.15, 0.2) is 0 Å². The molecule has 2 aromatic rings. The summed E-state index contributed by atoms with van der Waals surface area (Å²) in [7, 11) is 0. The fourth-order valence-corrected chi connectivity index (χ4v) is 4.93. The fraction of sp³-hybridized carbons (Fsp3) is 0.528. The number of rotatable bonds is 12. The first-order valence-electron chi connectivity index (χ1n) is 15.8. The van der Waals surface area contributed by atoms with Crippen molar-refractivity contribution in [1.82, 2.24) is 15.5 Å². The third-order valence-corrected chi connectivity index (χ3v) is 6.78. The number of ether oxygens (including phenoxy) is 2. The van der Waals surface area contributed by atoms with Crippen LogP contribution in [0.15, 0.2) is 54.6 Å². The lowest BCUT2D eigenvalue weighted by atomic mass is 9.93. The smallest absolute Gasteiger partial charge is 0.408 e. The van der Waals surface area contributed by atoms with Gasteiger partial charge < -0.3 is 30.7 Å². The molecule has 0 radical (unpaired) electrons. The summed E-state index contributed by atoms with van der Waals surface area (Å²) in [4.78, 5) is 68.6. The number of hydrogen-bond donors (Lipinski definition) is 3. The third-order valence-electron chi connectivity index (χ3n) is 6.78. The maximum atomic E-state index is 14.5. The number of alkyl carbamates (subject to hydrolysis) is 1. The van der Waals surface area contributed by atoms with Crippen molar-refractivity contribution < 1.29 is 33.4 Å². The highest BCUT2D eigenvalue weighted by Gasteiger charge is 2.43. The summed E-state index contributed by atoms with van der Waals surface area (Å²) in [5, 5.41) is 5.47. The Morgan fingerprint density at radius 2 is 1.38 bits per heavy atom. The summed E-state index contributed by atoms with van der Waals surface area (Å²) in [6.45, 7) is 17.4. The predicted octanol–water partition coefficient (Wildman–Crippen LogP) is 4.89.